The number of tetrazole rings is 1. The van der Waals surface area contributed by atoms with E-state index < -0.39 is 5.97 Å². The lowest BCUT2D eigenvalue weighted by atomic mass is 9.98. The number of hydrogen-bond donors (Lipinski definition) is 2. The van der Waals surface area contributed by atoms with Gasteiger partial charge in [0.05, 0.1) is 11.7 Å². The summed E-state index contributed by atoms with van der Waals surface area (Å²) < 4.78 is 3.33. The van der Waals surface area contributed by atoms with Crippen LogP contribution in [-0.2, 0) is 11.2 Å². The Kier molecular flexibility index (Phi) is 6.49. The summed E-state index contributed by atoms with van der Waals surface area (Å²) in [5.74, 6) is -0.945. The van der Waals surface area contributed by atoms with Gasteiger partial charge in [-0.05, 0) is 70.8 Å². The van der Waals surface area contributed by atoms with Gasteiger partial charge in [0.1, 0.15) is 18.0 Å². The molecule has 2 aromatic heterocycles. The van der Waals surface area contributed by atoms with Crippen molar-refractivity contribution >= 4 is 46.1 Å². The first-order valence-corrected chi connectivity index (χ1v) is 12.9. The number of anilines is 1. The standard InChI is InChI=1S/C27H21Cl2N7O3/c28-17-4-6-23(35-14-31-33-34-35)20(11-17)16-9-19-5-7-24(36(19)25(37)10-16)22-12-21(27(29)32-22)15-2-1-3-18(8-15)30-13-26(38)39/h1-4,6,8-11,14,24,30H,5,7,12-13H2,(H,38,39)/t24-/m0/s1. The molecule has 196 valence electrons. The summed E-state index contributed by atoms with van der Waals surface area (Å²) in [6.07, 6.45) is 3.42. The molecule has 2 aromatic carbocycles. The fraction of sp³-hybridized carbons (Fsp3) is 0.185. The Morgan fingerprint density at radius 1 is 1.10 bits per heavy atom. The lowest BCUT2D eigenvalue weighted by Gasteiger charge is -2.17. The summed E-state index contributed by atoms with van der Waals surface area (Å²) in [4.78, 5) is 29.1. The zero-order chi connectivity index (χ0) is 27.1. The SMILES string of the molecule is O=C(O)CNc1cccc(C2=C(Cl)N=C([C@@H]3CCc4cc(-c5cc(Cl)ccc5-n5cnnn5)cc(=O)n43)C2)c1. The molecule has 0 amide bonds. The Morgan fingerprint density at radius 3 is 2.77 bits per heavy atom. The number of benzene rings is 2. The number of carboxylic acid groups (broad SMARTS) is 1. The number of hydrogen-bond acceptors (Lipinski definition) is 7. The predicted molar refractivity (Wildman–Crippen MR) is 149 cm³/mol. The first kappa shape index (κ1) is 25.0. The number of aromatic nitrogens is 5. The summed E-state index contributed by atoms with van der Waals surface area (Å²) in [6.45, 7) is -0.186. The van der Waals surface area contributed by atoms with Crippen LogP contribution in [0.5, 0.6) is 0 Å². The van der Waals surface area contributed by atoms with Gasteiger partial charge in [-0.2, -0.15) is 4.68 Å². The summed E-state index contributed by atoms with van der Waals surface area (Å²) in [5.41, 5.74) is 6.15. The van der Waals surface area contributed by atoms with Crippen LogP contribution in [0.3, 0.4) is 0 Å². The third-order valence-corrected chi connectivity index (χ3v) is 7.43. The summed E-state index contributed by atoms with van der Waals surface area (Å²) in [5, 5.41) is 24.2. The quantitative estimate of drug-likeness (QED) is 0.316. The van der Waals surface area contributed by atoms with Crippen molar-refractivity contribution < 1.29 is 9.90 Å². The van der Waals surface area contributed by atoms with Crippen LogP contribution in [0.2, 0.25) is 5.02 Å². The number of rotatable bonds is 7. The van der Waals surface area contributed by atoms with Gasteiger partial charge in [-0.1, -0.05) is 35.3 Å². The van der Waals surface area contributed by atoms with E-state index in [0.29, 0.717) is 34.4 Å². The average Bonchev–Trinajstić information content (AvgIpc) is 3.68. The Morgan fingerprint density at radius 2 is 1.97 bits per heavy atom. The molecule has 12 heteroatoms. The normalized spacial score (nSPS) is 16.4. The predicted octanol–water partition coefficient (Wildman–Crippen LogP) is 4.58. The van der Waals surface area contributed by atoms with Gasteiger partial charge < -0.3 is 15.0 Å². The number of allylic oxidation sites excluding steroid dienone is 1. The van der Waals surface area contributed by atoms with Crippen LogP contribution in [0.1, 0.15) is 30.1 Å². The molecule has 2 aliphatic rings. The fourth-order valence-corrected chi connectivity index (χ4v) is 5.63. The molecular formula is C27H21Cl2N7O3. The second kappa shape index (κ2) is 10.1. The molecule has 1 atom stereocenters. The molecule has 6 rings (SSSR count). The Balaban J connectivity index is 1.28. The first-order valence-electron chi connectivity index (χ1n) is 12.2. The van der Waals surface area contributed by atoms with Gasteiger partial charge in [0.25, 0.3) is 5.56 Å². The topological polar surface area (TPSA) is 127 Å². The molecule has 0 fully saturated rings. The number of nitrogens with one attached hydrogen (secondary N) is 1. The summed E-state index contributed by atoms with van der Waals surface area (Å²) in [6, 6.07) is 16.2. The number of nitrogens with zero attached hydrogens (tertiary/aromatic N) is 6. The molecule has 0 radical (unpaired) electrons. The molecule has 0 saturated heterocycles. The minimum atomic E-state index is -0.945. The maximum atomic E-state index is 13.5. The summed E-state index contributed by atoms with van der Waals surface area (Å²) >= 11 is 12.9. The molecular weight excluding hydrogens is 541 g/mol. The molecule has 10 nitrogen and oxygen atoms in total. The van der Waals surface area contributed by atoms with E-state index in [1.807, 2.05) is 30.3 Å². The van der Waals surface area contributed by atoms with Crippen LogP contribution >= 0.6 is 23.2 Å². The lowest BCUT2D eigenvalue weighted by Crippen LogP contribution is -2.27. The number of halogens is 2. The van der Waals surface area contributed by atoms with Crippen LogP contribution in [0.4, 0.5) is 5.69 Å². The Hall–Kier alpha value is -4.28. The molecule has 4 aromatic rings. The number of aryl methyl sites for hydroxylation is 1. The third-order valence-electron chi connectivity index (χ3n) is 6.89. The van der Waals surface area contributed by atoms with Crippen LogP contribution < -0.4 is 10.9 Å². The molecule has 0 unspecified atom stereocenters. The van der Waals surface area contributed by atoms with E-state index in [-0.39, 0.29) is 18.1 Å². The van der Waals surface area contributed by atoms with Gasteiger partial charge >= 0.3 is 5.97 Å². The van der Waals surface area contributed by atoms with Gasteiger partial charge in [0.15, 0.2) is 0 Å². The number of carboxylic acids is 1. The fourth-order valence-electron chi connectivity index (χ4n) is 5.17. The first-order chi connectivity index (χ1) is 18.9. The van der Waals surface area contributed by atoms with Crippen LogP contribution in [0.15, 0.2) is 75.9 Å². The van der Waals surface area contributed by atoms with E-state index in [9.17, 15) is 9.59 Å². The molecule has 0 spiro atoms. The van der Waals surface area contributed by atoms with Crippen molar-refractivity contribution in [2.75, 3.05) is 11.9 Å². The number of fused-ring (bicyclic) bond motifs is 1. The molecule has 0 bridgehead atoms. The molecule has 2 aliphatic heterocycles. The highest BCUT2D eigenvalue weighted by atomic mass is 35.5. The minimum absolute atomic E-state index is 0.139. The van der Waals surface area contributed by atoms with E-state index in [1.54, 1.807) is 28.8 Å². The van der Waals surface area contributed by atoms with Gasteiger partial charge in [0, 0.05) is 45.7 Å². The summed E-state index contributed by atoms with van der Waals surface area (Å²) in [7, 11) is 0. The van der Waals surface area contributed by atoms with E-state index >= 15 is 0 Å². The van der Waals surface area contributed by atoms with E-state index in [4.69, 9.17) is 28.3 Å². The molecule has 0 aliphatic carbocycles. The smallest absolute Gasteiger partial charge is 0.322 e. The maximum Gasteiger partial charge on any atom is 0.322 e. The molecule has 4 heterocycles. The van der Waals surface area contributed by atoms with Crippen molar-refractivity contribution in [3.63, 3.8) is 0 Å². The third kappa shape index (κ3) is 4.84. The van der Waals surface area contributed by atoms with Gasteiger partial charge in [-0.3, -0.25) is 9.59 Å². The minimum Gasteiger partial charge on any atom is -0.480 e. The number of aliphatic imine (C=N–C) groups is 1. The van der Waals surface area contributed by atoms with Crippen molar-refractivity contribution in [3.8, 4) is 16.8 Å². The second-order valence-electron chi connectivity index (χ2n) is 9.29. The Bertz CT molecular complexity index is 1730. The zero-order valence-electron chi connectivity index (χ0n) is 20.4. The lowest BCUT2D eigenvalue weighted by molar-refractivity contribution is -0.134. The molecule has 2 N–H and O–H groups in total. The van der Waals surface area contributed by atoms with E-state index in [1.165, 1.54) is 11.0 Å². The highest BCUT2D eigenvalue weighted by Gasteiger charge is 2.32. The van der Waals surface area contributed by atoms with Crippen LogP contribution in [-0.4, -0.2) is 48.1 Å². The Labute approximate surface area is 232 Å². The van der Waals surface area contributed by atoms with Crippen LogP contribution in [0, 0.1) is 0 Å². The number of pyridine rings is 1. The van der Waals surface area contributed by atoms with Crippen LogP contribution in [0.25, 0.3) is 22.4 Å². The van der Waals surface area contributed by atoms with E-state index in [2.05, 4.69) is 25.8 Å². The largest absolute Gasteiger partial charge is 0.480 e. The van der Waals surface area contributed by atoms with Gasteiger partial charge in [-0.15, -0.1) is 5.10 Å². The average molecular weight is 562 g/mol. The van der Waals surface area contributed by atoms with Crippen molar-refractivity contribution in [3.05, 3.63) is 92.7 Å². The van der Waals surface area contributed by atoms with Gasteiger partial charge in [0.2, 0.25) is 0 Å². The molecule has 39 heavy (non-hydrogen) atoms. The highest BCUT2D eigenvalue weighted by molar-refractivity contribution is 6.35. The molecule has 0 saturated carbocycles. The highest BCUT2D eigenvalue weighted by Crippen LogP contribution is 2.39. The van der Waals surface area contributed by atoms with Crippen molar-refractivity contribution in [1.82, 2.24) is 24.8 Å². The number of carbonyl (C=O) groups is 1. The van der Waals surface area contributed by atoms with E-state index in [0.717, 1.165) is 40.1 Å². The zero-order valence-corrected chi connectivity index (χ0v) is 21.9. The second-order valence-corrected chi connectivity index (χ2v) is 10.1. The van der Waals surface area contributed by atoms with Crippen molar-refractivity contribution in [2.45, 2.75) is 25.3 Å². The maximum absolute atomic E-state index is 13.5. The van der Waals surface area contributed by atoms with Crippen molar-refractivity contribution in [2.24, 2.45) is 4.99 Å². The monoisotopic (exact) mass is 561 g/mol. The van der Waals surface area contributed by atoms with Gasteiger partial charge in [-0.25, -0.2) is 4.99 Å². The number of aliphatic carboxylic acids is 1. The van der Waals surface area contributed by atoms with Crippen molar-refractivity contribution in [1.29, 1.82) is 0 Å².